The molecule has 1 aromatic carbocycles. The van der Waals surface area contributed by atoms with Gasteiger partial charge in [0.1, 0.15) is 27.3 Å². The van der Waals surface area contributed by atoms with Crippen LogP contribution in [0.2, 0.25) is 0 Å². The summed E-state index contributed by atoms with van der Waals surface area (Å²) in [6.45, 7) is 0. The molecular weight excluding hydrogens is 485 g/mol. The largest absolute Gasteiger partial charge is 0.416 e. The van der Waals surface area contributed by atoms with Gasteiger partial charge in [0.05, 0.1) is 5.56 Å². The molecular formula is C20H10F5N5O3S. The molecule has 0 spiro atoms. The van der Waals surface area contributed by atoms with Gasteiger partial charge in [0, 0.05) is 23.5 Å². The van der Waals surface area contributed by atoms with Gasteiger partial charge in [-0.3, -0.25) is 14.6 Å². The Morgan fingerprint density at radius 2 is 1.71 bits per heavy atom. The van der Waals surface area contributed by atoms with E-state index in [9.17, 15) is 30.4 Å². The standard InChI is InChI=1S/C20H10F5N5O3S/c21-18(22)17-16-15(27-19(28-17)11-2-4-12(5-3-11)20(23,24)25)14(29-30-16)6-1-10-7-13(9-26-8-10)34(31,32)33/h2-5,7-9,18H,(H,29,30)(H,31,32,33). The van der Waals surface area contributed by atoms with Crippen molar-refractivity contribution in [2.75, 3.05) is 0 Å². The summed E-state index contributed by atoms with van der Waals surface area (Å²) in [4.78, 5) is 11.0. The quantitative estimate of drug-likeness (QED) is 0.250. The summed E-state index contributed by atoms with van der Waals surface area (Å²) >= 11 is 0. The highest BCUT2D eigenvalue weighted by Gasteiger charge is 2.30. The van der Waals surface area contributed by atoms with Gasteiger partial charge < -0.3 is 0 Å². The Morgan fingerprint density at radius 1 is 1.00 bits per heavy atom. The van der Waals surface area contributed by atoms with Crippen LogP contribution in [-0.4, -0.2) is 38.1 Å². The molecule has 14 heteroatoms. The summed E-state index contributed by atoms with van der Waals surface area (Å²) in [5, 5.41) is 6.19. The Balaban J connectivity index is 1.81. The number of pyridine rings is 1. The van der Waals surface area contributed by atoms with E-state index in [1.165, 1.54) is 6.20 Å². The number of alkyl halides is 5. The van der Waals surface area contributed by atoms with Gasteiger partial charge in [-0.2, -0.15) is 26.7 Å². The predicted molar refractivity (Wildman–Crippen MR) is 107 cm³/mol. The first-order valence-corrected chi connectivity index (χ1v) is 10.5. The number of aromatic nitrogens is 5. The van der Waals surface area contributed by atoms with Crippen LogP contribution in [0.15, 0.2) is 47.6 Å². The molecule has 0 fully saturated rings. The van der Waals surface area contributed by atoms with Crippen molar-refractivity contribution < 1.29 is 34.9 Å². The van der Waals surface area contributed by atoms with Crippen LogP contribution in [0.5, 0.6) is 0 Å². The molecule has 0 bridgehead atoms. The molecule has 0 radical (unpaired) electrons. The van der Waals surface area contributed by atoms with E-state index >= 15 is 0 Å². The maximum Gasteiger partial charge on any atom is 0.416 e. The van der Waals surface area contributed by atoms with Crippen molar-refractivity contribution in [3.05, 3.63) is 65.2 Å². The summed E-state index contributed by atoms with van der Waals surface area (Å²) < 4.78 is 97.3. The number of nitrogens with zero attached hydrogens (tertiary/aromatic N) is 4. The van der Waals surface area contributed by atoms with Gasteiger partial charge in [-0.25, -0.2) is 18.7 Å². The van der Waals surface area contributed by atoms with E-state index in [1.54, 1.807) is 0 Å². The highest BCUT2D eigenvalue weighted by molar-refractivity contribution is 7.85. The SMILES string of the molecule is O=S(=O)(O)c1cncc(C#Cc2[nH]nc3c(C(F)F)nc(-c4ccc(C(F)(F)F)cc4)nc23)c1. The van der Waals surface area contributed by atoms with Crippen molar-refractivity contribution in [3.63, 3.8) is 0 Å². The van der Waals surface area contributed by atoms with Crippen molar-refractivity contribution in [3.8, 4) is 23.2 Å². The van der Waals surface area contributed by atoms with Crippen LogP contribution in [0.1, 0.15) is 28.9 Å². The number of fused-ring (bicyclic) bond motifs is 1. The predicted octanol–water partition coefficient (Wildman–Crippen LogP) is 4.02. The minimum atomic E-state index is -4.58. The lowest BCUT2D eigenvalue weighted by Gasteiger charge is -2.08. The summed E-state index contributed by atoms with van der Waals surface area (Å²) in [6, 6.07) is 4.70. The monoisotopic (exact) mass is 495 g/mol. The number of nitrogens with one attached hydrogen (secondary N) is 1. The second-order valence-electron chi connectivity index (χ2n) is 6.74. The molecule has 174 valence electrons. The van der Waals surface area contributed by atoms with Crippen LogP contribution in [0, 0.1) is 11.8 Å². The molecule has 0 aliphatic rings. The molecule has 0 saturated heterocycles. The molecule has 0 unspecified atom stereocenters. The molecule has 3 aromatic heterocycles. The van der Waals surface area contributed by atoms with Crippen molar-refractivity contribution in [1.82, 2.24) is 25.1 Å². The van der Waals surface area contributed by atoms with E-state index in [1.807, 2.05) is 0 Å². The van der Waals surface area contributed by atoms with Gasteiger partial charge in [-0.05, 0) is 24.1 Å². The van der Waals surface area contributed by atoms with Crippen LogP contribution in [-0.2, 0) is 16.3 Å². The van der Waals surface area contributed by atoms with Crippen LogP contribution < -0.4 is 0 Å². The Kier molecular flexibility index (Phi) is 5.75. The van der Waals surface area contributed by atoms with Crippen LogP contribution in [0.3, 0.4) is 0 Å². The average Bonchev–Trinajstić information content (AvgIpc) is 3.19. The van der Waals surface area contributed by atoms with E-state index in [4.69, 9.17) is 4.55 Å². The van der Waals surface area contributed by atoms with Crippen molar-refractivity contribution in [2.24, 2.45) is 0 Å². The lowest BCUT2D eigenvalue weighted by Crippen LogP contribution is -2.04. The van der Waals surface area contributed by atoms with Crippen molar-refractivity contribution >= 4 is 21.2 Å². The van der Waals surface area contributed by atoms with Gasteiger partial charge in [0.25, 0.3) is 16.5 Å². The molecule has 4 rings (SSSR count). The highest BCUT2D eigenvalue weighted by atomic mass is 32.2. The topological polar surface area (TPSA) is 122 Å². The van der Waals surface area contributed by atoms with Gasteiger partial charge in [0.15, 0.2) is 5.82 Å². The van der Waals surface area contributed by atoms with Crippen molar-refractivity contribution in [2.45, 2.75) is 17.5 Å². The Hall–Kier alpha value is -3.96. The van der Waals surface area contributed by atoms with Crippen LogP contribution in [0.4, 0.5) is 22.0 Å². The number of rotatable bonds is 3. The maximum absolute atomic E-state index is 13.6. The summed E-state index contributed by atoms with van der Waals surface area (Å²) in [5.41, 5.74) is -2.00. The zero-order chi connectivity index (χ0) is 24.7. The molecule has 0 aliphatic carbocycles. The number of H-pyrrole nitrogens is 1. The average molecular weight is 495 g/mol. The molecule has 3 heterocycles. The molecule has 0 atom stereocenters. The van der Waals surface area contributed by atoms with Gasteiger partial charge in [0.2, 0.25) is 0 Å². The van der Waals surface area contributed by atoms with Gasteiger partial charge in [-0.1, -0.05) is 18.1 Å². The third-order valence-corrected chi connectivity index (χ3v) is 5.27. The number of benzene rings is 1. The van der Waals surface area contributed by atoms with Crippen LogP contribution >= 0.6 is 0 Å². The molecule has 34 heavy (non-hydrogen) atoms. The smallest absolute Gasteiger partial charge is 0.282 e. The lowest BCUT2D eigenvalue weighted by molar-refractivity contribution is -0.137. The van der Waals surface area contributed by atoms with E-state index in [2.05, 4.69) is 37.0 Å². The zero-order valence-electron chi connectivity index (χ0n) is 16.5. The fraction of sp³-hybridized carbons (Fsp3) is 0.100. The third kappa shape index (κ3) is 4.70. The Labute approximate surface area is 187 Å². The first-order chi connectivity index (χ1) is 15.9. The summed E-state index contributed by atoms with van der Waals surface area (Å²) in [7, 11) is -4.52. The van der Waals surface area contributed by atoms with E-state index < -0.39 is 38.9 Å². The number of aromatic amines is 1. The molecule has 4 aromatic rings. The first-order valence-electron chi connectivity index (χ1n) is 9.10. The second kappa shape index (κ2) is 8.43. The van der Waals surface area contributed by atoms with Gasteiger partial charge in [-0.15, -0.1) is 0 Å². The maximum atomic E-state index is 13.6. The molecule has 0 aliphatic heterocycles. The number of hydrogen-bond donors (Lipinski definition) is 2. The summed E-state index contributed by atoms with van der Waals surface area (Å²) in [5.74, 6) is 4.85. The first kappa shape index (κ1) is 23.2. The zero-order valence-corrected chi connectivity index (χ0v) is 17.3. The fourth-order valence-electron chi connectivity index (χ4n) is 2.86. The molecule has 2 N–H and O–H groups in total. The van der Waals surface area contributed by atoms with E-state index in [0.717, 1.165) is 36.5 Å². The highest BCUT2D eigenvalue weighted by Crippen LogP contribution is 2.32. The minimum Gasteiger partial charge on any atom is -0.282 e. The lowest BCUT2D eigenvalue weighted by atomic mass is 10.1. The number of halogens is 5. The van der Waals surface area contributed by atoms with Crippen LogP contribution in [0.25, 0.3) is 22.4 Å². The van der Waals surface area contributed by atoms with Crippen molar-refractivity contribution in [1.29, 1.82) is 0 Å². The third-order valence-electron chi connectivity index (χ3n) is 4.45. The fourth-order valence-corrected chi connectivity index (χ4v) is 3.33. The molecule has 0 amide bonds. The van der Waals surface area contributed by atoms with Gasteiger partial charge >= 0.3 is 6.18 Å². The molecule has 0 saturated carbocycles. The minimum absolute atomic E-state index is 0.0373. The molecule has 8 nitrogen and oxygen atoms in total. The normalized spacial score (nSPS) is 12.1. The second-order valence-corrected chi connectivity index (χ2v) is 8.16. The number of hydrogen-bond acceptors (Lipinski definition) is 6. The van der Waals surface area contributed by atoms with E-state index in [-0.39, 0.29) is 33.7 Å². The Bertz CT molecular complexity index is 1560. The Morgan fingerprint density at radius 3 is 2.32 bits per heavy atom. The van der Waals surface area contributed by atoms with E-state index in [0.29, 0.717) is 0 Å². The summed E-state index contributed by atoms with van der Waals surface area (Å²) in [6.07, 6.45) is -5.54.